The molecule has 6 nitrogen and oxygen atoms in total. The first-order chi connectivity index (χ1) is 13.1. The van der Waals surface area contributed by atoms with Gasteiger partial charge in [0.25, 0.3) is 5.91 Å². The lowest BCUT2D eigenvalue weighted by Gasteiger charge is -2.27. The van der Waals surface area contributed by atoms with Gasteiger partial charge in [0.1, 0.15) is 0 Å². The number of halogens is 1. The van der Waals surface area contributed by atoms with Crippen molar-refractivity contribution in [1.82, 2.24) is 20.0 Å². The van der Waals surface area contributed by atoms with Gasteiger partial charge in [0.05, 0.1) is 18.5 Å². The second-order valence-electron chi connectivity index (χ2n) is 7.47. The van der Waals surface area contributed by atoms with Crippen molar-refractivity contribution in [3.63, 3.8) is 0 Å². The van der Waals surface area contributed by atoms with Crippen LogP contribution < -0.4 is 10.1 Å². The Labute approximate surface area is 173 Å². The molecule has 0 bridgehead atoms. The number of nitrogens with one attached hydrogen (secondary N) is 1. The number of benzene rings is 1. The maximum Gasteiger partial charge on any atom is 0.278 e. The zero-order valence-corrected chi connectivity index (χ0v) is 17.7. The van der Waals surface area contributed by atoms with Crippen LogP contribution in [0.15, 0.2) is 36.5 Å². The molecule has 3 rings (SSSR count). The van der Waals surface area contributed by atoms with Crippen LogP contribution in [0.25, 0.3) is 5.69 Å². The van der Waals surface area contributed by atoms with Gasteiger partial charge in [-0.25, -0.2) is 4.68 Å². The van der Waals surface area contributed by atoms with Gasteiger partial charge in [0.15, 0.2) is 11.4 Å². The number of amides is 1. The second-order valence-corrected chi connectivity index (χ2v) is 7.47. The lowest BCUT2D eigenvalue weighted by molar-refractivity contribution is 0.0680. The van der Waals surface area contributed by atoms with E-state index in [0.717, 1.165) is 38.2 Å². The van der Waals surface area contributed by atoms with Crippen LogP contribution >= 0.6 is 12.4 Å². The molecule has 2 heterocycles. The highest BCUT2D eigenvalue weighted by Crippen LogP contribution is 2.24. The van der Waals surface area contributed by atoms with Gasteiger partial charge < -0.3 is 15.0 Å². The Balaban J connectivity index is 0.00000280. The van der Waals surface area contributed by atoms with Crippen LogP contribution in [0.4, 0.5) is 0 Å². The molecule has 1 N–H and O–H groups in total. The van der Waals surface area contributed by atoms with Gasteiger partial charge in [0, 0.05) is 19.1 Å². The fourth-order valence-corrected chi connectivity index (χ4v) is 3.31. The number of carbonyl (C=O) groups excluding carboxylic acids is 1. The Kier molecular flexibility index (Phi) is 8.33. The van der Waals surface area contributed by atoms with Crippen LogP contribution in [0.1, 0.15) is 44.1 Å². The molecular weight excluding hydrogens is 376 g/mol. The third kappa shape index (κ3) is 5.26. The van der Waals surface area contributed by atoms with Gasteiger partial charge in [-0.1, -0.05) is 39.0 Å². The summed E-state index contributed by atoms with van der Waals surface area (Å²) in [5.74, 6) is 0.891. The number of nitrogens with zero attached hydrogens (tertiary/aromatic N) is 3. The maximum atomic E-state index is 13.4. The van der Waals surface area contributed by atoms with Crippen molar-refractivity contribution < 1.29 is 9.53 Å². The molecule has 7 heteroatoms. The molecule has 0 aliphatic carbocycles. The van der Waals surface area contributed by atoms with E-state index < -0.39 is 0 Å². The molecule has 1 atom stereocenters. The average molecular weight is 407 g/mol. The molecule has 1 unspecified atom stereocenters. The van der Waals surface area contributed by atoms with Gasteiger partial charge in [-0.2, -0.15) is 5.10 Å². The number of carbonyl (C=O) groups is 1. The summed E-state index contributed by atoms with van der Waals surface area (Å²) in [6.45, 7) is 9.36. The zero-order valence-electron chi connectivity index (χ0n) is 16.9. The van der Waals surface area contributed by atoms with E-state index in [1.54, 1.807) is 4.68 Å². The number of rotatable bonds is 8. The molecule has 1 aliphatic rings. The molecule has 1 amide bonds. The molecule has 1 fully saturated rings. The Morgan fingerprint density at radius 3 is 2.71 bits per heavy atom. The number of hydrogen-bond donors (Lipinski definition) is 1. The van der Waals surface area contributed by atoms with Crippen molar-refractivity contribution in [1.29, 1.82) is 0 Å². The Bertz CT molecular complexity index is 742. The summed E-state index contributed by atoms with van der Waals surface area (Å²) in [4.78, 5) is 15.3. The van der Waals surface area contributed by atoms with Crippen molar-refractivity contribution in [2.75, 3.05) is 26.2 Å². The summed E-state index contributed by atoms with van der Waals surface area (Å²) < 4.78 is 7.70. The third-order valence-corrected chi connectivity index (χ3v) is 4.68. The third-order valence-electron chi connectivity index (χ3n) is 4.68. The molecule has 1 aliphatic heterocycles. The van der Waals surface area contributed by atoms with Gasteiger partial charge in [-0.3, -0.25) is 4.79 Å². The average Bonchev–Trinajstić information content (AvgIpc) is 3.34. The number of ether oxygens (including phenoxy) is 1. The molecule has 1 aromatic heterocycles. The Hall–Kier alpha value is -2.05. The summed E-state index contributed by atoms with van der Waals surface area (Å²) >= 11 is 0. The van der Waals surface area contributed by atoms with Gasteiger partial charge in [-0.15, -0.1) is 12.4 Å². The first-order valence-electron chi connectivity index (χ1n) is 9.89. The first-order valence-corrected chi connectivity index (χ1v) is 9.89. The van der Waals surface area contributed by atoms with Crippen LogP contribution in [0, 0.1) is 5.92 Å². The summed E-state index contributed by atoms with van der Waals surface area (Å²) in [6, 6.07) is 10.0. The highest BCUT2D eigenvalue weighted by molar-refractivity contribution is 5.95. The monoisotopic (exact) mass is 406 g/mol. The zero-order chi connectivity index (χ0) is 19.2. The highest BCUT2D eigenvalue weighted by atomic mass is 35.5. The van der Waals surface area contributed by atoms with Crippen LogP contribution in [0.3, 0.4) is 0 Å². The molecule has 2 aromatic rings. The van der Waals surface area contributed by atoms with Crippen molar-refractivity contribution in [2.45, 2.75) is 39.7 Å². The number of hydrogen-bond acceptors (Lipinski definition) is 4. The minimum absolute atomic E-state index is 0. The van der Waals surface area contributed by atoms with E-state index >= 15 is 0 Å². The molecule has 0 radical (unpaired) electrons. The van der Waals surface area contributed by atoms with Crippen LogP contribution in [-0.2, 0) is 0 Å². The van der Waals surface area contributed by atoms with Crippen molar-refractivity contribution >= 4 is 18.3 Å². The predicted octanol–water partition coefficient (Wildman–Crippen LogP) is 3.54. The lowest BCUT2D eigenvalue weighted by Crippen LogP contribution is -2.42. The molecule has 0 spiro atoms. The number of aromatic nitrogens is 2. The van der Waals surface area contributed by atoms with E-state index in [4.69, 9.17) is 4.74 Å². The smallest absolute Gasteiger partial charge is 0.278 e. The van der Waals surface area contributed by atoms with E-state index in [2.05, 4.69) is 31.2 Å². The molecular formula is C21H31ClN4O2. The predicted molar refractivity (Wildman–Crippen MR) is 114 cm³/mol. The second kappa shape index (κ2) is 10.5. The standard InChI is InChI=1S/C21H30N4O2.ClH/c1-4-12-24(18-10-11-22-13-18)21(26)20-19(27-15-16(2)3)14-25(23-20)17-8-6-5-7-9-17;/h5-9,14,16,18,22H,4,10-13,15H2,1-3H3;1H. The van der Waals surface area contributed by atoms with Crippen molar-refractivity contribution in [2.24, 2.45) is 5.92 Å². The van der Waals surface area contributed by atoms with E-state index in [9.17, 15) is 4.79 Å². The number of para-hydroxylation sites is 1. The lowest BCUT2D eigenvalue weighted by atomic mass is 10.2. The largest absolute Gasteiger partial charge is 0.489 e. The minimum atomic E-state index is -0.0426. The minimum Gasteiger partial charge on any atom is -0.489 e. The van der Waals surface area contributed by atoms with Gasteiger partial charge in [-0.05, 0) is 37.4 Å². The van der Waals surface area contributed by atoms with E-state index in [-0.39, 0.29) is 24.4 Å². The Morgan fingerprint density at radius 2 is 2.11 bits per heavy atom. The normalized spacial score (nSPS) is 16.1. The summed E-state index contributed by atoms with van der Waals surface area (Å²) in [7, 11) is 0. The van der Waals surface area contributed by atoms with Crippen molar-refractivity contribution in [3.8, 4) is 11.4 Å². The van der Waals surface area contributed by atoms with Crippen LogP contribution in [0.5, 0.6) is 5.75 Å². The van der Waals surface area contributed by atoms with Crippen LogP contribution in [-0.4, -0.2) is 52.9 Å². The highest BCUT2D eigenvalue weighted by Gasteiger charge is 2.30. The van der Waals surface area contributed by atoms with E-state index in [1.807, 2.05) is 41.4 Å². The fourth-order valence-electron chi connectivity index (χ4n) is 3.31. The van der Waals surface area contributed by atoms with E-state index in [1.165, 1.54) is 0 Å². The molecule has 28 heavy (non-hydrogen) atoms. The summed E-state index contributed by atoms with van der Waals surface area (Å²) in [6.07, 6.45) is 3.72. The molecule has 0 saturated carbocycles. The quantitative estimate of drug-likeness (QED) is 0.728. The van der Waals surface area contributed by atoms with Gasteiger partial charge in [0.2, 0.25) is 0 Å². The molecule has 154 valence electrons. The topological polar surface area (TPSA) is 59.4 Å². The van der Waals surface area contributed by atoms with Crippen LogP contribution in [0.2, 0.25) is 0 Å². The SMILES string of the molecule is CCCN(C(=O)c1nn(-c2ccccc2)cc1OCC(C)C)C1CCNC1.Cl. The summed E-state index contributed by atoms with van der Waals surface area (Å²) in [5, 5.41) is 7.97. The van der Waals surface area contributed by atoms with E-state index in [0.29, 0.717) is 24.0 Å². The molecule has 1 aromatic carbocycles. The Morgan fingerprint density at radius 1 is 1.36 bits per heavy atom. The molecule has 1 saturated heterocycles. The first kappa shape index (κ1) is 22.2. The maximum absolute atomic E-state index is 13.4. The fraction of sp³-hybridized carbons (Fsp3) is 0.524. The van der Waals surface area contributed by atoms with Crippen molar-refractivity contribution in [3.05, 3.63) is 42.2 Å². The van der Waals surface area contributed by atoms with Gasteiger partial charge >= 0.3 is 0 Å². The summed E-state index contributed by atoms with van der Waals surface area (Å²) in [5.41, 5.74) is 1.32.